The summed E-state index contributed by atoms with van der Waals surface area (Å²) < 4.78 is 22.7. The number of carbonyl (C=O) groups is 1. The van der Waals surface area contributed by atoms with Gasteiger partial charge < -0.3 is 0 Å². The van der Waals surface area contributed by atoms with Gasteiger partial charge in [0.2, 0.25) is 15.0 Å². The average molecular weight is 338 g/mol. The van der Waals surface area contributed by atoms with E-state index in [4.69, 9.17) is 15.9 Å². The van der Waals surface area contributed by atoms with Crippen molar-refractivity contribution in [3.05, 3.63) is 6.20 Å². The van der Waals surface area contributed by atoms with Crippen molar-refractivity contribution in [3.63, 3.8) is 0 Å². The molecule has 102 valence electrons. The Labute approximate surface area is 122 Å². The number of nitriles is 1. The summed E-state index contributed by atoms with van der Waals surface area (Å²) in [6, 6.07) is 0. The fraction of sp³-hybridized carbons (Fsp3) is 0.444. The van der Waals surface area contributed by atoms with E-state index >= 15 is 0 Å². The molecule has 1 atom stereocenters. The number of hydrogen-bond donors (Lipinski definition) is 0. The Balaban J connectivity index is 2.09. The lowest BCUT2D eigenvalue weighted by molar-refractivity contribution is -0.117. The largest absolute Gasteiger partial charge is 0.288 e. The van der Waals surface area contributed by atoms with E-state index in [1.54, 1.807) is 0 Å². The maximum atomic E-state index is 11.8. The third-order valence-corrected chi connectivity index (χ3v) is 5.45. The molecule has 1 unspecified atom stereocenters. The van der Waals surface area contributed by atoms with Crippen LogP contribution in [0.4, 0.5) is 5.13 Å². The van der Waals surface area contributed by atoms with Crippen molar-refractivity contribution in [3.8, 4) is 5.40 Å². The molecule has 1 aromatic rings. The number of anilines is 1. The zero-order valence-electron chi connectivity index (χ0n) is 9.45. The van der Waals surface area contributed by atoms with Gasteiger partial charge in [-0.15, -0.1) is 0 Å². The third-order valence-electron chi connectivity index (χ3n) is 2.49. The van der Waals surface area contributed by atoms with Crippen LogP contribution >= 0.6 is 33.8 Å². The van der Waals surface area contributed by atoms with E-state index in [1.165, 1.54) is 22.4 Å². The van der Waals surface area contributed by atoms with Crippen LogP contribution in [0.5, 0.6) is 0 Å². The van der Waals surface area contributed by atoms with E-state index in [0.29, 0.717) is 9.34 Å². The van der Waals surface area contributed by atoms with Crippen molar-refractivity contribution in [1.82, 2.24) is 4.98 Å². The van der Waals surface area contributed by atoms with Crippen LogP contribution in [0.2, 0.25) is 0 Å². The zero-order chi connectivity index (χ0) is 14.0. The van der Waals surface area contributed by atoms with Crippen LogP contribution in [0, 0.1) is 16.6 Å². The number of hydrogen-bond acceptors (Lipinski definition) is 7. The molecule has 0 N–H and O–H groups in total. The van der Waals surface area contributed by atoms with Crippen molar-refractivity contribution in [2.75, 3.05) is 17.2 Å². The summed E-state index contributed by atoms with van der Waals surface area (Å²) in [5.74, 6) is -0.707. The number of aromatic nitrogens is 1. The third kappa shape index (κ3) is 3.82. The molecule has 1 amide bonds. The average Bonchev–Trinajstić information content (AvgIpc) is 2.84. The fourth-order valence-electron chi connectivity index (χ4n) is 1.83. The second-order valence-corrected chi connectivity index (χ2v) is 8.85. The van der Waals surface area contributed by atoms with Gasteiger partial charge in [-0.05, 0) is 0 Å². The van der Waals surface area contributed by atoms with Crippen LogP contribution in [-0.2, 0) is 13.8 Å². The van der Waals surface area contributed by atoms with Crippen LogP contribution in [0.25, 0.3) is 0 Å². The van der Waals surface area contributed by atoms with Gasteiger partial charge in [-0.1, -0.05) is 11.3 Å². The molecule has 0 aromatic carbocycles. The Morgan fingerprint density at radius 1 is 1.68 bits per heavy atom. The minimum absolute atomic E-state index is 0.145. The first kappa shape index (κ1) is 14.6. The molecule has 6 nitrogen and oxygen atoms in total. The summed E-state index contributed by atoms with van der Waals surface area (Å²) in [4.78, 5) is 17.3. The highest BCUT2D eigenvalue weighted by Crippen LogP contribution is 2.33. The molecule has 1 saturated heterocycles. The molecule has 0 bridgehead atoms. The minimum Gasteiger partial charge on any atom is -0.288 e. The molecule has 10 heteroatoms. The quantitative estimate of drug-likeness (QED) is 0.471. The molecule has 0 spiro atoms. The summed E-state index contributed by atoms with van der Waals surface area (Å²) in [7, 11) is 1.58. The number of thioether (sulfide) groups is 1. The molecular formula is C9H8ClN3O3S3. The Kier molecular flexibility index (Phi) is 4.35. The van der Waals surface area contributed by atoms with Gasteiger partial charge in [0.05, 0.1) is 16.2 Å². The maximum absolute atomic E-state index is 11.8. The summed E-state index contributed by atoms with van der Waals surface area (Å²) >= 11 is 2.20. The van der Waals surface area contributed by atoms with E-state index in [-0.39, 0.29) is 30.5 Å². The standard InChI is InChI=1S/C9H8ClN3O3S3/c10-19(15,16)4-6-1-7(14)13(3-6)9-12-2-8(18-9)17-5-11/h2,6H,1,3-4H2. The van der Waals surface area contributed by atoms with Gasteiger partial charge >= 0.3 is 0 Å². The highest BCUT2D eigenvalue weighted by molar-refractivity contribution is 8.13. The lowest BCUT2D eigenvalue weighted by Crippen LogP contribution is -2.25. The molecule has 1 fully saturated rings. The van der Waals surface area contributed by atoms with Gasteiger partial charge in [0, 0.05) is 41.3 Å². The molecule has 2 heterocycles. The van der Waals surface area contributed by atoms with E-state index in [1.807, 2.05) is 5.40 Å². The van der Waals surface area contributed by atoms with Gasteiger partial charge in [0.1, 0.15) is 5.40 Å². The fourth-order valence-corrected chi connectivity index (χ4v) is 4.52. The molecule has 2 rings (SSSR count). The van der Waals surface area contributed by atoms with Gasteiger partial charge in [0.25, 0.3) is 0 Å². The molecule has 0 radical (unpaired) electrons. The number of halogens is 1. The van der Waals surface area contributed by atoms with E-state index in [2.05, 4.69) is 4.98 Å². The van der Waals surface area contributed by atoms with E-state index < -0.39 is 9.05 Å². The van der Waals surface area contributed by atoms with Gasteiger partial charge in [0.15, 0.2) is 5.13 Å². The normalized spacial score (nSPS) is 19.7. The highest BCUT2D eigenvalue weighted by atomic mass is 35.7. The molecule has 0 aliphatic carbocycles. The van der Waals surface area contributed by atoms with Crippen LogP contribution in [0.1, 0.15) is 6.42 Å². The molecule has 1 aliphatic rings. The molecule has 1 aromatic heterocycles. The molecule has 0 saturated carbocycles. The number of thiazole rings is 1. The lowest BCUT2D eigenvalue weighted by Gasteiger charge is -2.11. The Morgan fingerprint density at radius 3 is 3.05 bits per heavy atom. The second-order valence-electron chi connectivity index (χ2n) is 3.94. The smallest absolute Gasteiger partial charge is 0.232 e. The Hall–Kier alpha value is -0.820. The van der Waals surface area contributed by atoms with Gasteiger partial charge in [-0.25, -0.2) is 13.4 Å². The number of carbonyl (C=O) groups excluding carboxylic acids is 1. The monoisotopic (exact) mass is 337 g/mol. The number of amides is 1. The number of thiocyanates is 1. The van der Waals surface area contributed by atoms with Crippen molar-refractivity contribution in [2.24, 2.45) is 5.92 Å². The highest BCUT2D eigenvalue weighted by Gasteiger charge is 2.34. The predicted octanol–water partition coefficient (Wildman–Crippen LogP) is 1.64. The van der Waals surface area contributed by atoms with E-state index in [0.717, 1.165) is 11.8 Å². The Morgan fingerprint density at radius 2 is 2.42 bits per heavy atom. The van der Waals surface area contributed by atoms with Crippen LogP contribution in [-0.4, -0.2) is 31.6 Å². The number of rotatable bonds is 4. The zero-order valence-corrected chi connectivity index (χ0v) is 12.7. The van der Waals surface area contributed by atoms with Gasteiger partial charge in [-0.3, -0.25) is 9.69 Å². The first-order chi connectivity index (χ1) is 8.89. The van der Waals surface area contributed by atoms with Crippen LogP contribution < -0.4 is 4.90 Å². The van der Waals surface area contributed by atoms with Crippen LogP contribution in [0.3, 0.4) is 0 Å². The molecule has 19 heavy (non-hydrogen) atoms. The topological polar surface area (TPSA) is 91.1 Å². The molecular weight excluding hydrogens is 330 g/mol. The van der Waals surface area contributed by atoms with Crippen molar-refractivity contribution >= 4 is 53.9 Å². The number of nitrogens with zero attached hydrogens (tertiary/aromatic N) is 3. The summed E-state index contributed by atoms with van der Waals surface area (Å²) in [5.41, 5.74) is 0. The molecule has 1 aliphatic heterocycles. The lowest BCUT2D eigenvalue weighted by atomic mass is 10.1. The van der Waals surface area contributed by atoms with Crippen molar-refractivity contribution < 1.29 is 13.2 Å². The minimum atomic E-state index is -3.61. The maximum Gasteiger partial charge on any atom is 0.232 e. The van der Waals surface area contributed by atoms with Crippen molar-refractivity contribution in [2.45, 2.75) is 10.6 Å². The van der Waals surface area contributed by atoms with Gasteiger partial charge in [-0.2, -0.15) is 5.26 Å². The first-order valence-corrected chi connectivity index (χ1v) is 9.24. The summed E-state index contributed by atoms with van der Waals surface area (Å²) in [5, 5.41) is 11.0. The van der Waals surface area contributed by atoms with Crippen LogP contribution in [0.15, 0.2) is 10.4 Å². The van der Waals surface area contributed by atoms with E-state index in [9.17, 15) is 13.2 Å². The summed E-state index contributed by atoms with van der Waals surface area (Å²) in [6.07, 6.45) is 1.67. The summed E-state index contributed by atoms with van der Waals surface area (Å²) in [6.45, 7) is 0.287. The predicted molar refractivity (Wildman–Crippen MR) is 73.7 cm³/mol. The Bertz CT molecular complexity index is 637. The SMILES string of the molecule is N#CSc1cnc(N2CC(CS(=O)(=O)Cl)CC2=O)s1. The van der Waals surface area contributed by atoms with Crippen molar-refractivity contribution in [1.29, 1.82) is 5.26 Å². The second kappa shape index (κ2) is 5.66. The first-order valence-electron chi connectivity index (χ1n) is 5.13.